The predicted octanol–water partition coefficient (Wildman–Crippen LogP) is 0.181. The van der Waals surface area contributed by atoms with Gasteiger partial charge in [-0.15, -0.1) is 0 Å². The quantitative estimate of drug-likeness (QED) is 0.696. The van der Waals surface area contributed by atoms with E-state index in [1.807, 2.05) is 18.2 Å². The second-order valence-corrected chi connectivity index (χ2v) is 4.15. The van der Waals surface area contributed by atoms with Gasteiger partial charge in [0, 0.05) is 31.9 Å². The second-order valence-electron chi connectivity index (χ2n) is 4.15. The smallest absolute Gasteiger partial charge is 0.325 e. The number of nitrogens with zero attached hydrogens (tertiary/aromatic N) is 1. The molecule has 0 bridgehead atoms. The maximum Gasteiger partial charge on any atom is 0.325 e. The molecule has 1 aromatic rings. The van der Waals surface area contributed by atoms with Crippen LogP contribution in [0.2, 0.25) is 0 Å². The molecule has 0 aliphatic carbocycles. The number of carboxylic acids is 1. The van der Waals surface area contributed by atoms with Crippen LogP contribution in [-0.4, -0.2) is 37.3 Å². The molecule has 0 spiro atoms. The Morgan fingerprint density at radius 2 is 2.12 bits per heavy atom. The Hall–Kier alpha value is -1.59. The molecule has 92 valence electrons. The van der Waals surface area contributed by atoms with Crippen molar-refractivity contribution in [1.82, 2.24) is 5.32 Å². The maximum atomic E-state index is 10.8. The van der Waals surface area contributed by atoms with Crippen molar-refractivity contribution in [3.05, 3.63) is 29.8 Å². The first-order valence-electron chi connectivity index (χ1n) is 5.72. The molecule has 5 heteroatoms. The summed E-state index contributed by atoms with van der Waals surface area (Å²) < 4.78 is 0. The lowest BCUT2D eigenvalue weighted by molar-refractivity contribution is -0.138. The van der Waals surface area contributed by atoms with E-state index in [4.69, 9.17) is 10.8 Å². The van der Waals surface area contributed by atoms with Gasteiger partial charge >= 0.3 is 5.97 Å². The van der Waals surface area contributed by atoms with Crippen LogP contribution >= 0.6 is 0 Å². The zero-order valence-corrected chi connectivity index (χ0v) is 9.60. The second kappa shape index (κ2) is 5.16. The van der Waals surface area contributed by atoms with E-state index in [1.165, 1.54) is 0 Å². The normalized spacial score (nSPS) is 17.8. The fourth-order valence-corrected chi connectivity index (χ4v) is 1.98. The molecular formula is C12H17N3O2. The highest BCUT2D eigenvalue weighted by molar-refractivity contribution is 5.75. The third-order valence-electron chi connectivity index (χ3n) is 2.98. The number of carboxylic acid groups (broad SMARTS) is 1. The summed E-state index contributed by atoms with van der Waals surface area (Å²) in [7, 11) is 0. The van der Waals surface area contributed by atoms with Crippen molar-refractivity contribution in [2.75, 3.05) is 31.1 Å². The first-order valence-corrected chi connectivity index (χ1v) is 5.72. The average molecular weight is 235 g/mol. The summed E-state index contributed by atoms with van der Waals surface area (Å²) in [6.07, 6.45) is 0. The zero-order chi connectivity index (χ0) is 12.3. The SMILES string of the molecule is N[C@H](C(=O)O)c1cccc(N2CCNCC2)c1. The maximum absolute atomic E-state index is 10.8. The number of hydrogen-bond donors (Lipinski definition) is 3. The minimum atomic E-state index is -0.998. The Balaban J connectivity index is 2.18. The minimum Gasteiger partial charge on any atom is -0.480 e. The van der Waals surface area contributed by atoms with Gasteiger partial charge < -0.3 is 21.1 Å². The first kappa shape index (κ1) is 11.9. The Morgan fingerprint density at radius 1 is 1.41 bits per heavy atom. The van der Waals surface area contributed by atoms with Crippen LogP contribution in [0.25, 0.3) is 0 Å². The van der Waals surface area contributed by atoms with Gasteiger partial charge in [0.1, 0.15) is 6.04 Å². The molecule has 0 radical (unpaired) electrons. The van der Waals surface area contributed by atoms with Crippen LogP contribution in [0.5, 0.6) is 0 Å². The Bertz CT molecular complexity index is 402. The molecule has 0 amide bonds. The number of aliphatic carboxylic acids is 1. The van der Waals surface area contributed by atoms with E-state index >= 15 is 0 Å². The van der Waals surface area contributed by atoms with Gasteiger partial charge in [-0.05, 0) is 17.7 Å². The van der Waals surface area contributed by atoms with E-state index < -0.39 is 12.0 Å². The Kier molecular flexibility index (Phi) is 3.61. The molecule has 5 nitrogen and oxygen atoms in total. The van der Waals surface area contributed by atoms with Crippen LogP contribution in [0.3, 0.4) is 0 Å². The molecule has 1 aromatic carbocycles. The number of hydrogen-bond acceptors (Lipinski definition) is 4. The van der Waals surface area contributed by atoms with Gasteiger partial charge in [0.05, 0.1) is 0 Å². The minimum absolute atomic E-state index is 0.647. The van der Waals surface area contributed by atoms with Crippen molar-refractivity contribution < 1.29 is 9.90 Å². The van der Waals surface area contributed by atoms with Gasteiger partial charge in [-0.1, -0.05) is 12.1 Å². The summed E-state index contributed by atoms with van der Waals surface area (Å²) in [5, 5.41) is 12.2. The van der Waals surface area contributed by atoms with Crippen LogP contribution in [0.15, 0.2) is 24.3 Å². The molecule has 0 aromatic heterocycles. The van der Waals surface area contributed by atoms with Crippen molar-refractivity contribution >= 4 is 11.7 Å². The lowest BCUT2D eigenvalue weighted by Gasteiger charge is -2.29. The summed E-state index contributed by atoms with van der Waals surface area (Å²) in [6.45, 7) is 3.78. The van der Waals surface area contributed by atoms with Gasteiger partial charge in [-0.3, -0.25) is 4.79 Å². The van der Waals surface area contributed by atoms with Crippen molar-refractivity contribution in [1.29, 1.82) is 0 Å². The first-order chi connectivity index (χ1) is 8.18. The number of benzene rings is 1. The molecule has 0 saturated carbocycles. The van der Waals surface area contributed by atoms with E-state index in [9.17, 15) is 4.79 Å². The molecule has 1 aliphatic heterocycles. The van der Waals surface area contributed by atoms with Crippen molar-refractivity contribution in [2.45, 2.75) is 6.04 Å². The summed E-state index contributed by atoms with van der Waals surface area (Å²) in [5.41, 5.74) is 7.29. The van der Waals surface area contributed by atoms with E-state index in [2.05, 4.69) is 10.2 Å². The van der Waals surface area contributed by atoms with E-state index in [1.54, 1.807) is 6.07 Å². The molecule has 1 fully saturated rings. The molecule has 1 aliphatic rings. The molecular weight excluding hydrogens is 218 g/mol. The Labute approximate surface area is 100 Å². The highest BCUT2D eigenvalue weighted by Gasteiger charge is 2.16. The molecule has 1 heterocycles. The summed E-state index contributed by atoms with van der Waals surface area (Å²) >= 11 is 0. The predicted molar refractivity (Wildman–Crippen MR) is 66.1 cm³/mol. The van der Waals surface area contributed by atoms with Gasteiger partial charge in [-0.25, -0.2) is 0 Å². The standard InChI is InChI=1S/C12H17N3O2/c13-11(12(16)17)9-2-1-3-10(8-9)15-6-4-14-5-7-15/h1-3,8,11,14H,4-7,13H2,(H,16,17)/t11-/m0/s1. The Morgan fingerprint density at radius 3 is 2.76 bits per heavy atom. The number of anilines is 1. The molecule has 17 heavy (non-hydrogen) atoms. The summed E-state index contributed by atoms with van der Waals surface area (Å²) in [5.74, 6) is -0.998. The van der Waals surface area contributed by atoms with Gasteiger partial charge in [0.2, 0.25) is 0 Å². The number of carbonyl (C=O) groups is 1. The van der Waals surface area contributed by atoms with Crippen LogP contribution in [0, 0.1) is 0 Å². The number of piperazine rings is 1. The monoisotopic (exact) mass is 235 g/mol. The highest BCUT2D eigenvalue weighted by atomic mass is 16.4. The number of nitrogens with two attached hydrogens (primary N) is 1. The zero-order valence-electron chi connectivity index (χ0n) is 9.60. The van der Waals surface area contributed by atoms with Crippen LogP contribution in [0.4, 0.5) is 5.69 Å². The number of nitrogens with one attached hydrogen (secondary N) is 1. The molecule has 1 atom stereocenters. The van der Waals surface area contributed by atoms with Crippen LogP contribution in [-0.2, 0) is 4.79 Å². The highest BCUT2D eigenvalue weighted by Crippen LogP contribution is 2.20. The molecule has 1 saturated heterocycles. The largest absolute Gasteiger partial charge is 0.480 e. The van der Waals surface area contributed by atoms with Gasteiger partial charge in [0.15, 0.2) is 0 Å². The van der Waals surface area contributed by atoms with Crippen molar-refractivity contribution in [2.24, 2.45) is 5.73 Å². The lowest BCUT2D eigenvalue weighted by Crippen LogP contribution is -2.43. The fourth-order valence-electron chi connectivity index (χ4n) is 1.98. The molecule has 2 rings (SSSR count). The van der Waals surface area contributed by atoms with E-state index in [-0.39, 0.29) is 0 Å². The van der Waals surface area contributed by atoms with Gasteiger partial charge in [-0.2, -0.15) is 0 Å². The lowest BCUT2D eigenvalue weighted by atomic mass is 10.1. The average Bonchev–Trinajstić information content (AvgIpc) is 2.39. The van der Waals surface area contributed by atoms with E-state index in [0.717, 1.165) is 31.9 Å². The van der Waals surface area contributed by atoms with Crippen LogP contribution < -0.4 is 16.0 Å². The van der Waals surface area contributed by atoms with Crippen molar-refractivity contribution in [3.63, 3.8) is 0 Å². The number of rotatable bonds is 3. The third-order valence-corrected chi connectivity index (χ3v) is 2.98. The van der Waals surface area contributed by atoms with E-state index in [0.29, 0.717) is 5.56 Å². The summed E-state index contributed by atoms with van der Waals surface area (Å²) in [4.78, 5) is 13.1. The topological polar surface area (TPSA) is 78.6 Å². The fraction of sp³-hybridized carbons (Fsp3) is 0.417. The molecule has 0 unspecified atom stereocenters. The van der Waals surface area contributed by atoms with Crippen LogP contribution in [0.1, 0.15) is 11.6 Å². The van der Waals surface area contributed by atoms with Crippen molar-refractivity contribution in [3.8, 4) is 0 Å². The third kappa shape index (κ3) is 2.75. The summed E-state index contributed by atoms with van der Waals surface area (Å²) in [6, 6.07) is 6.52. The molecule has 4 N–H and O–H groups in total. The van der Waals surface area contributed by atoms with Gasteiger partial charge in [0.25, 0.3) is 0 Å².